The van der Waals surface area contributed by atoms with Crippen LogP contribution in [0.15, 0.2) is 42.6 Å². The predicted molar refractivity (Wildman–Crippen MR) is 66.2 cm³/mol. The molecule has 0 fully saturated rings. The van der Waals surface area contributed by atoms with Gasteiger partial charge in [0.05, 0.1) is 5.69 Å². The molecule has 0 unspecified atom stereocenters. The van der Waals surface area contributed by atoms with Gasteiger partial charge in [0.25, 0.3) is 0 Å². The molecule has 0 saturated heterocycles. The van der Waals surface area contributed by atoms with E-state index in [0.717, 1.165) is 16.9 Å². The van der Waals surface area contributed by atoms with Gasteiger partial charge < -0.3 is 9.84 Å². The predicted octanol–water partition coefficient (Wildman–Crippen LogP) is 2.74. The zero-order chi connectivity index (χ0) is 12.1. The van der Waals surface area contributed by atoms with Crippen LogP contribution in [0.4, 0.5) is 0 Å². The van der Waals surface area contributed by atoms with Crippen LogP contribution in [0.25, 0.3) is 5.65 Å². The Labute approximate surface area is 103 Å². The number of nitrogens with zero attached hydrogens (tertiary/aromatic N) is 2. The molecule has 1 aliphatic rings. The second kappa shape index (κ2) is 3.26. The van der Waals surface area contributed by atoms with Gasteiger partial charge in [0.2, 0.25) is 5.88 Å². The summed E-state index contributed by atoms with van der Waals surface area (Å²) in [5, 5.41) is 9.80. The lowest BCUT2D eigenvalue weighted by molar-refractivity contribution is 0.390. The largest absolute Gasteiger partial charge is 0.504 e. The second-order valence-electron chi connectivity index (χ2n) is 4.34. The van der Waals surface area contributed by atoms with Crippen LogP contribution < -0.4 is 4.74 Å². The summed E-state index contributed by atoms with van der Waals surface area (Å²) in [5.74, 6) is 1.26. The summed E-state index contributed by atoms with van der Waals surface area (Å²) >= 11 is 0. The van der Waals surface area contributed by atoms with Gasteiger partial charge in [-0.15, -0.1) is 0 Å². The molecule has 2 aromatic heterocycles. The van der Waals surface area contributed by atoms with Gasteiger partial charge in [-0.2, -0.15) is 4.98 Å². The highest BCUT2D eigenvalue weighted by molar-refractivity contribution is 5.56. The molecule has 0 radical (unpaired) electrons. The SMILES string of the molecule is Oc1cccc2c1Oc1nc3ccccn3c1C2. The number of phenols is 1. The summed E-state index contributed by atoms with van der Waals surface area (Å²) in [6.45, 7) is 0. The second-order valence-corrected chi connectivity index (χ2v) is 4.34. The Bertz CT molecular complexity index is 762. The van der Waals surface area contributed by atoms with Gasteiger partial charge in [-0.3, -0.25) is 4.40 Å². The van der Waals surface area contributed by atoms with Gasteiger partial charge in [-0.1, -0.05) is 18.2 Å². The van der Waals surface area contributed by atoms with E-state index in [1.54, 1.807) is 6.07 Å². The van der Waals surface area contributed by atoms with Crippen LogP contribution in [0, 0.1) is 0 Å². The zero-order valence-corrected chi connectivity index (χ0v) is 9.50. The third kappa shape index (κ3) is 1.17. The van der Waals surface area contributed by atoms with Crippen LogP contribution in [0.3, 0.4) is 0 Å². The van der Waals surface area contributed by atoms with Gasteiger partial charge in [0.15, 0.2) is 11.5 Å². The first-order chi connectivity index (χ1) is 8.83. The van der Waals surface area contributed by atoms with Crippen LogP contribution in [-0.4, -0.2) is 14.5 Å². The van der Waals surface area contributed by atoms with E-state index in [-0.39, 0.29) is 5.75 Å². The van der Waals surface area contributed by atoms with E-state index in [4.69, 9.17) is 4.74 Å². The third-order valence-electron chi connectivity index (χ3n) is 3.22. The van der Waals surface area contributed by atoms with E-state index in [2.05, 4.69) is 4.98 Å². The maximum absolute atomic E-state index is 9.80. The molecule has 1 aliphatic heterocycles. The van der Waals surface area contributed by atoms with E-state index in [0.29, 0.717) is 18.1 Å². The number of aromatic nitrogens is 2. The molecule has 4 heteroatoms. The number of pyridine rings is 1. The van der Waals surface area contributed by atoms with Crippen molar-refractivity contribution in [2.45, 2.75) is 6.42 Å². The smallest absolute Gasteiger partial charge is 0.242 e. The van der Waals surface area contributed by atoms with Gasteiger partial charge in [0, 0.05) is 18.2 Å². The Kier molecular flexibility index (Phi) is 1.73. The fourth-order valence-corrected chi connectivity index (χ4v) is 2.37. The van der Waals surface area contributed by atoms with E-state index >= 15 is 0 Å². The molecule has 1 N–H and O–H groups in total. The monoisotopic (exact) mass is 238 g/mol. The van der Waals surface area contributed by atoms with Crippen molar-refractivity contribution in [1.29, 1.82) is 0 Å². The molecule has 0 aliphatic carbocycles. The van der Waals surface area contributed by atoms with E-state index in [9.17, 15) is 5.11 Å². The fourth-order valence-electron chi connectivity index (χ4n) is 2.37. The molecule has 4 nitrogen and oxygen atoms in total. The average Bonchev–Trinajstić information content (AvgIpc) is 2.75. The normalized spacial score (nSPS) is 12.9. The highest BCUT2D eigenvalue weighted by Crippen LogP contribution is 2.41. The maximum atomic E-state index is 9.80. The van der Waals surface area contributed by atoms with Crippen molar-refractivity contribution in [3.8, 4) is 17.4 Å². The molecule has 0 spiro atoms. The van der Waals surface area contributed by atoms with E-state index < -0.39 is 0 Å². The van der Waals surface area contributed by atoms with Crippen LogP contribution in [-0.2, 0) is 6.42 Å². The lowest BCUT2D eigenvalue weighted by Crippen LogP contribution is -2.04. The molecule has 0 saturated carbocycles. The number of hydrogen-bond acceptors (Lipinski definition) is 3. The van der Waals surface area contributed by atoms with Crippen molar-refractivity contribution < 1.29 is 9.84 Å². The van der Waals surface area contributed by atoms with Gasteiger partial charge in [-0.05, 0) is 18.2 Å². The third-order valence-corrected chi connectivity index (χ3v) is 3.22. The van der Waals surface area contributed by atoms with Crippen molar-refractivity contribution in [1.82, 2.24) is 9.38 Å². The van der Waals surface area contributed by atoms with Crippen LogP contribution in [0.1, 0.15) is 11.3 Å². The Morgan fingerprint density at radius 3 is 3.06 bits per heavy atom. The number of phenolic OH excluding ortho intramolecular Hbond substituents is 1. The summed E-state index contributed by atoms with van der Waals surface area (Å²) < 4.78 is 7.73. The molecule has 3 heterocycles. The molecule has 0 atom stereocenters. The molecule has 18 heavy (non-hydrogen) atoms. The number of para-hydroxylation sites is 1. The molecule has 0 amide bonds. The quantitative estimate of drug-likeness (QED) is 0.512. The minimum Gasteiger partial charge on any atom is -0.504 e. The summed E-state index contributed by atoms with van der Waals surface area (Å²) in [6.07, 6.45) is 2.68. The first kappa shape index (κ1) is 9.53. The number of fused-ring (bicyclic) bond motifs is 4. The van der Waals surface area contributed by atoms with Crippen molar-refractivity contribution in [3.05, 3.63) is 53.9 Å². The number of ether oxygens (including phenoxy) is 1. The fraction of sp³-hybridized carbons (Fsp3) is 0.0714. The molecule has 0 bridgehead atoms. The highest BCUT2D eigenvalue weighted by Gasteiger charge is 2.24. The molecular weight excluding hydrogens is 228 g/mol. The average molecular weight is 238 g/mol. The number of aromatic hydroxyl groups is 1. The summed E-state index contributed by atoms with van der Waals surface area (Å²) in [5.41, 5.74) is 2.85. The van der Waals surface area contributed by atoms with E-state index in [1.165, 1.54) is 0 Å². The lowest BCUT2D eigenvalue weighted by atomic mass is 10.1. The summed E-state index contributed by atoms with van der Waals surface area (Å²) in [6, 6.07) is 11.3. The van der Waals surface area contributed by atoms with Crippen LogP contribution >= 0.6 is 0 Å². The van der Waals surface area contributed by atoms with Gasteiger partial charge >= 0.3 is 0 Å². The zero-order valence-electron chi connectivity index (χ0n) is 9.50. The molecule has 1 aromatic carbocycles. The highest BCUT2D eigenvalue weighted by atomic mass is 16.5. The molecular formula is C14H10N2O2. The number of benzene rings is 1. The molecule has 3 aromatic rings. The minimum atomic E-state index is 0.162. The first-order valence-corrected chi connectivity index (χ1v) is 5.77. The van der Waals surface area contributed by atoms with Crippen LogP contribution in [0.5, 0.6) is 17.4 Å². The Hall–Kier alpha value is -2.49. The van der Waals surface area contributed by atoms with Crippen molar-refractivity contribution >= 4 is 5.65 Å². The van der Waals surface area contributed by atoms with Gasteiger partial charge in [-0.25, -0.2) is 0 Å². The topological polar surface area (TPSA) is 46.8 Å². The van der Waals surface area contributed by atoms with Crippen molar-refractivity contribution in [2.24, 2.45) is 0 Å². The first-order valence-electron chi connectivity index (χ1n) is 5.77. The van der Waals surface area contributed by atoms with Crippen molar-refractivity contribution in [3.63, 3.8) is 0 Å². The Morgan fingerprint density at radius 1 is 1.17 bits per heavy atom. The standard InChI is InChI=1S/C14H10N2O2/c17-11-5-3-4-9-8-10-14(18-13(9)11)15-12-6-1-2-7-16(10)12/h1-7,17H,8H2. The number of hydrogen-bond donors (Lipinski definition) is 1. The number of imidazole rings is 1. The summed E-state index contributed by atoms with van der Waals surface area (Å²) in [7, 11) is 0. The lowest BCUT2D eigenvalue weighted by Gasteiger charge is -2.17. The van der Waals surface area contributed by atoms with Crippen LogP contribution in [0.2, 0.25) is 0 Å². The Balaban J connectivity index is 1.97. The maximum Gasteiger partial charge on any atom is 0.242 e. The Morgan fingerprint density at radius 2 is 2.11 bits per heavy atom. The van der Waals surface area contributed by atoms with Gasteiger partial charge in [0.1, 0.15) is 5.65 Å². The summed E-state index contributed by atoms with van der Waals surface area (Å²) in [4.78, 5) is 4.42. The number of rotatable bonds is 0. The minimum absolute atomic E-state index is 0.162. The van der Waals surface area contributed by atoms with Crippen molar-refractivity contribution in [2.75, 3.05) is 0 Å². The van der Waals surface area contributed by atoms with E-state index in [1.807, 2.05) is 40.9 Å². The molecule has 4 rings (SSSR count). The molecule has 88 valence electrons.